The van der Waals surface area contributed by atoms with Gasteiger partial charge < -0.3 is 30.8 Å². The molecule has 2 aliphatic heterocycles. The third-order valence-corrected chi connectivity index (χ3v) is 11.2. The van der Waals surface area contributed by atoms with Crippen LogP contribution in [0, 0.1) is 12.8 Å². The second kappa shape index (κ2) is 8.90. The average molecular weight is 592 g/mol. The predicted octanol–water partition coefficient (Wildman–Crippen LogP) is 2.02. The summed E-state index contributed by atoms with van der Waals surface area (Å²) < 4.78 is 34.4. The summed E-state index contributed by atoms with van der Waals surface area (Å²) in [6.07, 6.45) is 1.04. The molecular formula is C30H33N5O6S. The first-order chi connectivity index (χ1) is 19.9. The van der Waals surface area contributed by atoms with Crippen LogP contribution in [0.5, 0.6) is 5.75 Å². The lowest BCUT2D eigenvalue weighted by atomic mass is 9.82. The first-order valence-corrected chi connectivity index (χ1v) is 15.5. The van der Waals surface area contributed by atoms with Gasteiger partial charge in [0.2, 0.25) is 11.3 Å². The van der Waals surface area contributed by atoms with E-state index in [2.05, 4.69) is 17.2 Å². The van der Waals surface area contributed by atoms with E-state index in [0.29, 0.717) is 54.9 Å². The summed E-state index contributed by atoms with van der Waals surface area (Å²) in [7, 11) is -1.96. The van der Waals surface area contributed by atoms with E-state index in [9.17, 15) is 23.1 Å². The Labute approximate surface area is 243 Å². The highest BCUT2D eigenvalue weighted by Crippen LogP contribution is 2.60. The van der Waals surface area contributed by atoms with Crippen molar-refractivity contribution < 1.29 is 27.9 Å². The molecule has 4 aliphatic rings. The molecule has 1 saturated heterocycles. The average Bonchev–Trinajstić information content (AvgIpc) is 3.38. The maximum absolute atomic E-state index is 14.3. The van der Waals surface area contributed by atoms with Crippen LogP contribution >= 0.6 is 0 Å². The fraction of sp³-hybridized carbons (Fsp3) is 0.400. The van der Waals surface area contributed by atoms with Gasteiger partial charge in [0.25, 0.3) is 21.7 Å². The number of likely N-dealkylation sites (N-methyl/N-ethyl adjacent to an activating group) is 1. The number of nitrogens with two attached hydrogens (primary N) is 1. The Morgan fingerprint density at radius 1 is 1.14 bits per heavy atom. The van der Waals surface area contributed by atoms with E-state index in [-0.39, 0.29) is 27.5 Å². The fourth-order valence-corrected chi connectivity index (χ4v) is 8.18. The van der Waals surface area contributed by atoms with Crippen LogP contribution in [0.25, 0.3) is 0 Å². The molecule has 0 spiro atoms. The van der Waals surface area contributed by atoms with Crippen molar-refractivity contribution in [3.63, 3.8) is 0 Å². The lowest BCUT2D eigenvalue weighted by Gasteiger charge is -2.34. The second-order valence-electron chi connectivity index (χ2n) is 12.0. The molecule has 4 atom stereocenters. The van der Waals surface area contributed by atoms with Crippen molar-refractivity contribution in [2.75, 3.05) is 39.0 Å². The molecule has 220 valence electrons. The van der Waals surface area contributed by atoms with Crippen LogP contribution in [-0.2, 0) is 21.3 Å². The number of nitrogens with zero attached hydrogens (tertiary/aromatic N) is 2. The number of H-pyrrole nitrogens is 1. The van der Waals surface area contributed by atoms with Gasteiger partial charge in [-0.25, -0.2) is 8.42 Å². The first kappa shape index (κ1) is 27.1. The molecule has 2 aromatic carbocycles. The summed E-state index contributed by atoms with van der Waals surface area (Å²) in [5, 5.41) is 14.9. The van der Waals surface area contributed by atoms with Crippen molar-refractivity contribution in [3.05, 3.63) is 76.0 Å². The lowest BCUT2D eigenvalue weighted by Crippen LogP contribution is -2.60. The zero-order valence-electron chi connectivity index (χ0n) is 23.6. The largest absolute Gasteiger partial charge is 0.454 e. The van der Waals surface area contributed by atoms with Gasteiger partial charge in [-0.1, -0.05) is 31.2 Å². The van der Waals surface area contributed by atoms with Gasteiger partial charge in [0.05, 0.1) is 5.56 Å². The highest BCUT2D eigenvalue weighted by Gasteiger charge is 2.72. The summed E-state index contributed by atoms with van der Waals surface area (Å²) >= 11 is 0. The van der Waals surface area contributed by atoms with Gasteiger partial charge in [0, 0.05) is 43.0 Å². The molecule has 11 nitrogen and oxygen atoms in total. The van der Waals surface area contributed by atoms with E-state index in [1.54, 1.807) is 31.2 Å². The number of nitrogens with one attached hydrogen (secondary N) is 2. The maximum Gasteiger partial charge on any atom is 0.271 e. The Bertz CT molecular complexity index is 1780. The van der Waals surface area contributed by atoms with Crippen LogP contribution in [0.4, 0.5) is 5.69 Å². The summed E-state index contributed by atoms with van der Waals surface area (Å²) in [6.45, 7) is 5.63. The van der Waals surface area contributed by atoms with E-state index < -0.39 is 33.0 Å². The molecule has 3 aromatic rings. The number of piperazine rings is 1. The molecule has 1 amide bonds. The molecule has 3 heterocycles. The Morgan fingerprint density at radius 2 is 1.86 bits per heavy atom. The normalized spacial score (nSPS) is 28.6. The third kappa shape index (κ3) is 3.58. The topological polar surface area (TPSA) is 158 Å². The number of hydrogen-bond acceptors (Lipinski definition) is 8. The second-order valence-corrected chi connectivity index (χ2v) is 13.9. The smallest absolute Gasteiger partial charge is 0.271 e. The number of aliphatic hydroxyl groups is 1. The number of fused-ring (bicyclic) bond motifs is 5. The quantitative estimate of drug-likeness (QED) is 0.328. The highest BCUT2D eigenvalue weighted by atomic mass is 32.2. The van der Waals surface area contributed by atoms with Crippen molar-refractivity contribution in [2.45, 2.75) is 42.5 Å². The number of ketones is 1. The highest BCUT2D eigenvalue weighted by molar-refractivity contribution is 7.89. The number of Topliss-reactive ketones (excluding diaryl/α,β-unsaturated/α-hetero) is 1. The summed E-state index contributed by atoms with van der Waals surface area (Å²) in [4.78, 5) is 33.1. The number of rotatable bonds is 5. The lowest BCUT2D eigenvalue weighted by molar-refractivity contribution is -0.169. The number of ether oxygens (including phenoxy) is 1. The maximum atomic E-state index is 14.3. The minimum Gasteiger partial charge on any atom is -0.454 e. The minimum atomic E-state index is -3.89. The SMILES string of the molecule is Cc1cc(S(=O)(=O)N2CCN(C)CC2)[nH]c1C(=O)NC12C(=O)c3c(N)cccc3C1(O)Oc1cc([C@H]3C[C@H]3C)ccc12. The number of amides is 1. The third-order valence-electron chi connectivity index (χ3n) is 9.34. The number of aryl methyl sites for hydroxylation is 1. The standard InChI is InChI=1S/C30H33N5O6S/c1-16-13-19(16)18-7-8-20-23(15-18)41-30(38)21-5-4-6-22(31)25(21)27(36)29(20,30)33-28(37)26-17(2)14-24(32-26)42(39,40)35-11-9-34(3)10-12-35/h4-8,14-16,19,32,38H,9-13,31H2,1-3H3,(H,33,37)/t16-,19+,29?,30?/m1/s1. The molecule has 42 heavy (non-hydrogen) atoms. The van der Waals surface area contributed by atoms with Crippen LogP contribution in [-0.4, -0.2) is 72.6 Å². The Kier molecular flexibility index (Phi) is 5.75. The van der Waals surface area contributed by atoms with Crippen LogP contribution in [0.1, 0.15) is 62.4 Å². The van der Waals surface area contributed by atoms with Gasteiger partial charge in [-0.3, -0.25) is 9.59 Å². The fourth-order valence-electron chi connectivity index (χ4n) is 6.71. The van der Waals surface area contributed by atoms with E-state index >= 15 is 0 Å². The number of carbonyl (C=O) groups excluding carboxylic acids is 2. The summed E-state index contributed by atoms with van der Waals surface area (Å²) in [5.41, 5.74) is 6.24. The van der Waals surface area contributed by atoms with Crippen molar-refractivity contribution in [3.8, 4) is 5.75 Å². The Morgan fingerprint density at radius 3 is 2.55 bits per heavy atom. The summed E-state index contributed by atoms with van der Waals surface area (Å²) in [5.74, 6) is -2.45. The molecule has 2 unspecified atom stereocenters. The molecule has 7 rings (SSSR count). The number of aromatic nitrogens is 1. The van der Waals surface area contributed by atoms with Crippen LogP contribution in [0.3, 0.4) is 0 Å². The minimum absolute atomic E-state index is 0.0342. The van der Waals surface area contributed by atoms with E-state index in [0.717, 1.165) is 12.0 Å². The number of anilines is 1. The zero-order chi connectivity index (χ0) is 29.8. The molecule has 1 aromatic heterocycles. The molecule has 0 bridgehead atoms. The molecule has 1 saturated carbocycles. The molecule has 2 fully saturated rings. The molecule has 5 N–H and O–H groups in total. The molecular weight excluding hydrogens is 558 g/mol. The number of benzene rings is 2. The van der Waals surface area contributed by atoms with Gasteiger partial charge in [-0.15, -0.1) is 0 Å². The van der Waals surface area contributed by atoms with Gasteiger partial charge in [-0.2, -0.15) is 4.31 Å². The zero-order valence-corrected chi connectivity index (χ0v) is 24.4. The number of aromatic amines is 1. The molecule has 0 radical (unpaired) electrons. The number of carbonyl (C=O) groups is 2. The first-order valence-electron chi connectivity index (χ1n) is 14.1. The monoisotopic (exact) mass is 591 g/mol. The van der Waals surface area contributed by atoms with Gasteiger partial charge in [0.1, 0.15) is 16.5 Å². The predicted molar refractivity (Wildman–Crippen MR) is 154 cm³/mol. The van der Waals surface area contributed by atoms with Gasteiger partial charge in [0.15, 0.2) is 0 Å². The van der Waals surface area contributed by atoms with Gasteiger partial charge >= 0.3 is 0 Å². The van der Waals surface area contributed by atoms with Crippen LogP contribution in [0.2, 0.25) is 0 Å². The number of sulfonamides is 1. The number of hydrogen-bond donors (Lipinski definition) is 4. The van der Waals surface area contributed by atoms with Crippen LogP contribution < -0.4 is 15.8 Å². The Balaban J connectivity index is 1.30. The van der Waals surface area contributed by atoms with E-state index in [1.165, 1.54) is 10.4 Å². The summed E-state index contributed by atoms with van der Waals surface area (Å²) in [6, 6.07) is 11.6. The van der Waals surface area contributed by atoms with E-state index in [1.807, 2.05) is 24.1 Å². The Hall–Kier alpha value is -3.71. The van der Waals surface area contributed by atoms with E-state index in [4.69, 9.17) is 10.5 Å². The van der Waals surface area contributed by atoms with Gasteiger partial charge in [-0.05, 0) is 61.6 Å². The molecule has 12 heteroatoms. The van der Waals surface area contributed by atoms with Crippen molar-refractivity contribution in [1.29, 1.82) is 0 Å². The molecule has 2 aliphatic carbocycles. The van der Waals surface area contributed by atoms with Crippen LogP contribution in [0.15, 0.2) is 47.5 Å². The van der Waals surface area contributed by atoms with Crippen molar-refractivity contribution in [1.82, 2.24) is 19.5 Å². The van der Waals surface area contributed by atoms with Crippen molar-refractivity contribution in [2.24, 2.45) is 5.92 Å². The van der Waals surface area contributed by atoms with Crippen molar-refractivity contribution >= 4 is 27.4 Å². The number of nitrogen functional groups attached to an aromatic ring is 1.